The van der Waals surface area contributed by atoms with Gasteiger partial charge in [-0.3, -0.25) is 0 Å². The number of benzene rings is 2. The van der Waals surface area contributed by atoms with Crippen LogP contribution in [0.1, 0.15) is 18.5 Å². The Morgan fingerprint density at radius 2 is 1.62 bits per heavy atom. The second kappa shape index (κ2) is 6.83. The molecule has 0 saturated carbocycles. The monoisotopic (exact) mass is 351 g/mol. The molecular formula is C16H18BrNO3. The van der Waals surface area contributed by atoms with Gasteiger partial charge in [0.1, 0.15) is 5.75 Å². The van der Waals surface area contributed by atoms with Crippen molar-refractivity contribution in [1.82, 2.24) is 0 Å². The lowest BCUT2D eigenvalue weighted by Gasteiger charge is -2.17. The van der Waals surface area contributed by atoms with Gasteiger partial charge in [-0.15, -0.1) is 0 Å². The summed E-state index contributed by atoms with van der Waals surface area (Å²) in [7, 11) is 3.18. The number of nitrogens with two attached hydrogens (primary N) is 1. The zero-order valence-electron chi connectivity index (χ0n) is 12.2. The van der Waals surface area contributed by atoms with Crippen molar-refractivity contribution in [2.75, 3.05) is 14.2 Å². The molecule has 0 radical (unpaired) electrons. The van der Waals surface area contributed by atoms with Gasteiger partial charge in [0.2, 0.25) is 5.75 Å². The fourth-order valence-corrected chi connectivity index (χ4v) is 2.34. The predicted molar refractivity (Wildman–Crippen MR) is 86.4 cm³/mol. The number of methoxy groups -OCH3 is 2. The first-order valence-corrected chi connectivity index (χ1v) is 7.30. The van der Waals surface area contributed by atoms with E-state index in [1.807, 2.05) is 43.3 Å². The van der Waals surface area contributed by atoms with Crippen LogP contribution in [0.5, 0.6) is 23.0 Å². The number of rotatable bonds is 5. The molecule has 2 aromatic carbocycles. The topological polar surface area (TPSA) is 53.7 Å². The molecule has 0 spiro atoms. The van der Waals surface area contributed by atoms with Crippen molar-refractivity contribution in [2.45, 2.75) is 13.0 Å². The molecule has 0 heterocycles. The second-order valence-electron chi connectivity index (χ2n) is 4.56. The zero-order chi connectivity index (χ0) is 15.4. The number of para-hydroxylation sites is 1. The van der Waals surface area contributed by atoms with Gasteiger partial charge < -0.3 is 19.9 Å². The lowest BCUT2D eigenvalue weighted by atomic mass is 10.1. The van der Waals surface area contributed by atoms with Crippen LogP contribution in [0.15, 0.2) is 40.9 Å². The summed E-state index contributed by atoms with van der Waals surface area (Å²) in [4.78, 5) is 0. The van der Waals surface area contributed by atoms with Gasteiger partial charge in [0, 0.05) is 16.1 Å². The first-order chi connectivity index (χ1) is 10.1. The normalized spacial score (nSPS) is 11.9. The minimum absolute atomic E-state index is 0.145. The van der Waals surface area contributed by atoms with E-state index in [4.69, 9.17) is 19.9 Å². The van der Waals surface area contributed by atoms with Crippen LogP contribution in [0.3, 0.4) is 0 Å². The molecule has 2 aromatic rings. The molecule has 5 heteroatoms. The Hall–Kier alpha value is -1.72. The van der Waals surface area contributed by atoms with Crippen LogP contribution >= 0.6 is 15.9 Å². The molecule has 0 aliphatic rings. The van der Waals surface area contributed by atoms with E-state index in [0.717, 1.165) is 10.0 Å². The molecule has 21 heavy (non-hydrogen) atoms. The van der Waals surface area contributed by atoms with E-state index < -0.39 is 0 Å². The summed E-state index contributed by atoms with van der Waals surface area (Å²) in [6.45, 7) is 1.91. The third-order valence-corrected chi connectivity index (χ3v) is 3.55. The fraction of sp³-hybridized carbons (Fsp3) is 0.250. The molecule has 0 bridgehead atoms. The van der Waals surface area contributed by atoms with Gasteiger partial charge in [0.25, 0.3) is 0 Å². The standard InChI is InChI=1S/C16H18BrNO3/c1-10(18)12-8-7-11(17)9-15(12)21-16-13(19-2)5-4-6-14(16)20-3/h4-10H,18H2,1-3H3. The fourth-order valence-electron chi connectivity index (χ4n) is 2.00. The predicted octanol–water partition coefficient (Wildman–Crippen LogP) is 4.28. The van der Waals surface area contributed by atoms with Crippen LogP contribution in [-0.2, 0) is 0 Å². The minimum Gasteiger partial charge on any atom is -0.493 e. The highest BCUT2D eigenvalue weighted by atomic mass is 79.9. The molecule has 0 amide bonds. The van der Waals surface area contributed by atoms with Crippen molar-refractivity contribution >= 4 is 15.9 Å². The summed E-state index contributed by atoms with van der Waals surface area (Å²) in [5.41, 5.74) is 6.91. The van der Waals surface area contributed by atoms with Gasteiger partial charge in [-0.05, 0) is 31.2 Å². The average molecular weight is 352 g/mol. The maximum Gasteiger partial charge on any atom is 0.211 e. The lowest BCUT2D eigenvalue weighted by molar-refractivity contribution is 0.344. The van der Waals surface area contributed by atoms with Gasteiger partial charge in [-0.1, -0.05) is 28.1 Å². The van der Waals surface area contributed by atoms with Crippen LogP contribution in [0.2, 0.25) is 0 Å². The summed E-state index contributed by atoms with van der Waals surface area (Å²) < 4.78 is 17.6. The maximum atomic E-state index is 6.04. The van der Waals surface area contributed by atoms with Crippen LogP contribution in [0, 0.1) is 0 Å². The zero-order valence-corrected chi connectivity index (χ0v) is 13.8. The molecule has 0 aromatic heterocycles. The molecular weight excluding hydrogens is 334 g/mol. The quantitative estimate of drug-likeness (QED) is 0.873. The summed E-state index contributed by atoms with van der Waals surface area (Å²) in [6.07, 6.45) is 0. The van der Waals surface area contributed by atoms with Crippen LogP contribution in [0.25, 0.3) is 0 Å². The van der Waals surface area contributed by atoms with Crippen molar-refractivity contribution in [1.29, 1.82) is 0 Å². The largest absolute Gasteiger partial charge is 0.493 e. The summed E-state index contributed by atoms with van der Waals surface area (Å²) >= 11 is 3.45. The van der Waals surface area contributed by atoms with Crippen molar-refractivity contribution in [3.8, 4) is 23.0 Å². The SMILES string of the molecule is COc1cccc(OC)c1Oc1cc(Br)ccc1C(C)N. The van der Waals surface area contributed by atoms with Crippen molar-refractivity contribution in [2.24, 2.45) is 5.73 Å². The molecule has 4 nitrogen and oxygen atoms in total. The lowest BCUT2D eigenvalue weighted by Crippen LogP contribution is -2.07. The maximum absolute atomic E-state index is 6.04. The Labute approximate surface area is 132 Å². The van der Waals surface area contributed by atoms with E-state index in [2.05, 4.69) is 15.9 Å². The Morgan fingerprint density at radius 1 is 1.00 bits per heavy atom. The van der Waals surface area contributed by atoms with E-state index in [9.17, 15) is 0 Å². The molecule has 1 atom stereocenters. The van der Waals surface area contributed by atoms with E-state index in [-0.39, 0.29) is 6.04 Å². The van der Waals surface area contributed by atoms with Gasteiger partial charge >= 0.3 is 0 Å². The molecule has 1 unspecified atom stereocenters. The molecule has 2 rings (SSSR count). The highest BCUT2D eigenvalue weighted by Crippen LogP contribution is 2.42. The minimum atomic E-state index is -0.145. The highest BCUT2D eigenvalue weighted by molar-refractivity contribution is 9.10. The van der Waals surface area contributed by atoms with E-state index in [1.165, 1.54) is 0 Å². The summed E-state index contributed by atoms with van der Waals surface area (Å²) in [5, 5.41) is 0. The molecule has 0 aliphatic heterocycles. The molecule has 2 N–H and O–H groups in total. The smallest absolute Gasteiger partial charge is 0.211 e. The van der Waals surface area contributed by atoms with Crippen molar-refractivity contribution in [3.63, 3.8) is 0 Å². The molecule has 0 aliphatic carbocycles. The Bertz CT molecular complexity index is 607. The van der Waals surface area contributed by atoms with E-state index >= 15 is 0 Å². The Kier molecular flexibility index (Phi) is 5.09. The Morgan fingerprint density at radius 3 is 2.14 bits per heavy atom. The van der Waals surface area contributed by atoms with Crippen molar-refractivity contribution < 1.29 is 14.2 Å². The van der Waals surface area contributed by atoms with Crippen LogP contribution in [-0.4, -0.2) is 14.2 Å². The Balaban J connectivity index is 2.49. The summed E-state index contributed by atoms with van der Waals surface area (Å²) in [6, 6.07) is 11.1. The molecule has 0 saturated heterocycles. The first kappa shape index (κ1) is 15.7. The summed E-state index contributed by atoms with van der Waals surface area (Å²) in [5.74, 6) is 2.40. The molecule has 112 valence electrons. The third kappa shape index (κ3) is 3.49. The van der Waals surface area contributed by atoms with Gasteiger partial charge in [-0.2, -0.15) is 0 Å². The number of ether oxygens (including phenoxy) is 3. The van der Waals surface area contributed by atoms with E-state index in [1.54, 1.807) is 14.2 Å². The van der Waals surface area contributed by atoms with Crippen LogP contribution in [0.4, 0.5) is 0 Å². The second-order valence-corrected chi connectivity index (χ2v) is 5.48. The molecule has 0 fully saturated rings. The first-order valence-electron chi connectivity index (χ1n) is 6.50. The van der Waals surface area contributed by atoms with E-state index in [0.29, 0.717) is 23.0 Å². The van der Waals surface area contributed by atoms with Gasteiger partial charge in [0.05, 0.1) is 14.2 Å². The van der Waals surface area contributed by atoms with Gasteiger partial charge in [-0.25, -0.2) is 0 Å². The van der Waals surface area contributed by atoms with Crippen molar-refractivity contribution in [3.05, 3.63) is 46.4 Å². The number of hydrogen-bond acceptors (Lipinski definition) is 4. The third-order valence-electron chi connectivity index (χ3n) is 3.06. The number of hydrogen-bond donors (Lipinski definition) is 1. The van der Waals surface area contributed by atoms with Gasteiger partial charge in [0.15, 0.2) is 11.5 Å². The average Bonchev–Trinajstić information content (AvgIpc) is 2.47. The van der Waals surface area contributed by atoms with Crippen LogP contribution < -0.4 is 19.9 Å². The number of halogens is 1. The highest BCUT2D eigenvalue weighted by Gasteiger charge is 2.16.